The average Bonchev–Trinajstić information content (AvgIpc) is 3.59. The van der Waals surface area contributed by atoms with E-state index in [4.69, 9.17) is 10.2 Å². The number of likely N-dealkylation sites (N-methyl/N-ethyl adjacent to an activating group) is 1. The summed E-state index contributed by atoms with van der Waals surface area (Å²) in [5.41, 5.74) is 6.08. The number of unbranched alkanes of at least 4 members (excludes halogenated alkanes) is 1. The lowest BCUT2D eigenvalue weighted by Crippen LogP contribution is -2.41. The normalized spacial score (nSPS) is 12.1. The topological polar surface area (TPSA) is 156 Å². The summed E-state index contributed by atoms with van der Waals surface area (Å²) in [6.45, 7) is 6.11. The molecule has 0 radical (unpaired) electrons. The summed E-state index contributed by atoms with van der Waals surface area (Å²) in [7, 11) is 1.79. The molecule has 0 bridgehead atoms. The van der Waals surface area contributed by atoms with Crippen molar-refractivity contribution in [3.05, 3.63) is 117 Å². The Morgan fingerprint density at radius 1 is 0.746 bits per heavy atom. The van der Waals surface area contributed by atoms with Gasteiger partial charge < -0.3 is 25.7 Å². The van der Waals surface area contributed by atoms with E-state index in [1.807, 2.05) is 54.6 Å². The van der Waals surface area contributed by atoms with Crippen molar-refractivity contribution in [3.8, 4) is 0 Å². The van der Waals surface area contributed by atoms with Gasteiger partial charge in [-0.3, -0.25) is 24.1 Å². The second-order valence-electron chi connectivity index (χ2n) is 15.1. The van der Waals surface area contributed by atoms with Crippen molar-refractivity contribution in [2.24, 2.45) is 0 Å². The van der Waals surface area contributed by atoms with Crippen LogP contribution in [0.15, 0.2) is 72.8 Å². The van der Waals surface area contributed by atoms with Crippen LogP contribution in [0.4, 0.5) is 10.7 Å². The van der Waals surface area contributed by atoms with E-state index >= 15 is 0 Å². The van der Waals surface area contributed by atoms with E-state index in [0.29, 0.717) is 60.7 Å². The number of benzene rings is 3. The first-order valence-corrected chi connectivity index (χ1v) is 21.2. The maximum atomic E-state index is 13.9. The van der Waals surface area contributed by atoms with Gasteiger partial charge in [-0.15, -0.1) is 23.7 Å². The molecule has 0 saturated carbocycles. The molecule has 1 aliphatic carbocycles. The minimum Gasteiger partial charge on any atom is -0.481 e. The summed E-state index contributed by atoms with van der Waals surface area (Å²) < 4.78 is 0. The van der Waals surface area contributed by atoms with Crippen LogP contribution in [0.25, 0.3) is 0 Å². The zero-order valence-electron chi connectivity index (χ0n) is 34.3. The molecule has 4 aromatic rings. The number of halogens is 1. The molecule has 1 aromatic heterocycles. The summed E-state index contributed by atoms with van der Waals surface area (Å²) in [6, 6.07) is 22.5. The number of amides is 3. The van der Waals surface area contributed by atoms with Crippen LogP contribution in [0.5, 0.6) is 0 Å². The molecule has 5 rings (SSSR count). The number of hydrogen-bond acceptors (Lipinski definition) is 7. The number of carbonyl (C=O) groups is 5. The van der Waals surface area contributed by atoms with Gasteiger partial charge in [-0.2, -0.15) is 0 Å². The van der Waals surface area contributed by atoms with Crippen molar-refractivity contribution in [1.82, 2.24) is 9.80 Å². The number of carbonyl (C=O) groups excluding carboxylic acids is 3. The van der Waals surface area contributed by atoms with Gasteiger partial charge in [0.2, 0.25) is 5.91 Å². The molecular weight excluding hydrogens is 788 g/mol. The predicted octanol–water partition coefficient (Wildman–Crippen LogP) is 9.13. The lowest BCUT2D eigenvalue weighted by Gasteiger charge is -2.32. The fraction of sp³-hybridized carbons (Fsp3) is 0.413. The Bertz CT molecular complexity index is 2050. The molecule has 3 aromatic carbocycles. The third kappa shape index (κ3) is 13.5. The number of aryl methyl sites for hydroxylation is 3. The van der Waals surface area contributed by atoms with Crippen LogP contribution < -0.4 is 10.6 Å². The van der Waals surface area contributed by atoms with Gasteiger partial charge in [0.1, 0.15) is 5.00 Å². The molecule has 0 saturated heterocycles. The number of nitrogens with one attached hydrogen (secondary N) is 2. The average molecular weight is 846 g/mol. The maximum absolute atomic E-state index is 13.9. The highest BCUT2D eigenvalue weighted by molar-refractivity contribution is 7.17. The van der Waals surface area contributed by atoms with Crippen molar-refractivity contribution >= 4 is 64.1 Å². The summed E-state index contributed by atoms with van der Waals surface area (Å²) in [5, 5.41) is 24.8. The molecule has 0 spiro atoms. The van der Waals surface area contributed by atoms with Crippen LogP contribution in [0, 0.1) is 0 Å². The summed E-state index contributed by atoms with van der Waals surface area (Å²) in [4.78, 5) is 67.7. The van der Waals surface area contributed by atoms with Crippen molar-refractivity contribution < 1.29 is 34.2 Å². The van der Waals surface area contributed by atoms with E-state index in [9.17, 15) is 24.0 Å². The Balaban J connectivity index is 0.00000769. The fourth-order valence-corrected chi connectivity index (χ4v) is 8.79. The fourth-order valence-electron chi connectivity index (χ4n) is 7.51. The second-order valence-corrected chi connectivity index (χ2v) is 16.2. The molecule has 13 heteroatoms. The van der Waals surface area contributed by atoms with Crippen LogP contribution in [0.3, 0.4) is 0 Å². The zero-order chi connectivity index (χ0) is 41.6. The monoisotopic (exact) mass is 844 g/mol. The van der Waals surface area contributed by atoms with E-state index in [0.717, 1.165) is 78.5 Å². The Morgan fingerprint density at radius 3 is 2.03 bits per heavy atom. The summed E-state index contributed by atoms with van der Waals surface area (Å²) in [5.74, 6) is -2.32. The molecular formula is C46H57ClN4O7S. The van der Waals surface area contributed by atoms with Gasteiger partial charge in [-0.25, -0.2) is 4.79 Å². The lowest BCUT2D eigenvalue weighted by atomic mass is 9.95. The maximum Gasteiger partial charge on any atom is 0.335 e. The van der Waals surface area contributed by atoms with E-state index < -0.39 is 11.9 Å². The molecule has 0 atom stereocenters. The molecule has 1 heterocycles. The van der Waals surface area contributed by atoms with Gasteiger partial charge in [-0.05, 0) is 123 Å². The zero-order valence-corrected chi connectivity index (χ0v) is 35.9. The van der Waals surface area contributed by atoms with Crippen molar-refractivity contribution in [3.63, 3.8) is 0 Å². The number of thiophene rings is 1. The van der Waals surface area contributed by atoms with Crippen LogP contribution in [-0.2, 0) is 41.8 Å². The van der Waals surface area contributed by atoms with E-state index in [-0.39, 0.29) is 48.2 Å². The van der Waals surface area contributed by atoms with Gasteiger partial charge in [0, 0.05) is 61.7 Å². The van der Waals surface area contributed by atoms with E-state index in [2.05, 4.69) is 29.4 Å². The van der Waals surface area contributed by atoms with E-state index in [1.165, 1.54) is 11.3 Å². The Morgan fingerprint density at radius 2 is 1.39 bits per heavy atom. The minimum absolute atomic E-state index is 0. The Hall–Kier alpha value is -5.04. The molecule has 4 N–H and O–H groups in total. The van der Waals surface area contributed by atoms with Crippen LogP contribution in [0.1, 0.15) is 123 Å². The first-order valence-electron chi connectivity index (χ1n) is 20.4. The van der Waals surface area contributed by atoms with Crippen LogP contribution >= 0.6 is 23.7 Å². The molecule has 11 nitrogen and oxygen atoms in total. The van der Waals surface area contributed by atoms with E-state index in [1.54, 1.807) is 30.1 Å². The highest BCUT2D eigenvalue weighted by atomic mass is 35.5. The molecule has 59 heavy (non-hydrogen) atoms. The van der Waals surface area contributed by atoms with Gasteiger partial charge in [0.05, 0.1) is 11.1 Å². The SMILES string of the molecule is CCC(CC)N(CCN(C)C(=O)CCCCC(=O)O)Cc1cccc(C(=O)Nc2sc3c(c2C(=O)Nc2ccc(CCc4ccc(C(=O)O)cc4)cc2)CCCC3)c1.Cl. The number of carboxylic acids is 2. The highest BCUT2D eigenvalue weighted by Gasteiger charge is 2.27. The van der Waals surface area contributed by atoms with Crippen molar-refractivity contribution in [2.45, 2.75) is 103 Å². The standard InChI is InChI=1S/C46H56N4O7S.ClH/c1-4-37(5-2)50(28-27-49(3)40(51)15-8-9-16-41(52)53)30-33-11-10-12-35(29-33)43(54)48-45-42(38-13-6-7-14-39(38)58-45)44(55)47-36-25-21-32(22-26-36)18-17-31-19-23-34(24-20-31)46(56)57;/h10-12,19-26,29,37H,4-9,13-18,27-28,30H2,1-3H3,(H,47,55)(H,48,54)(H,52,53)(H,56,57);1H. The Labute approximate surface area is 357 Å². The molecule has 0 unspecified atom stereocenters. The van der Waals surface area contributed by atoms with Gasteiger partial charge >= 0.3 is 11.9 Å². The number of aromatic carboxylic acids is 1. The smallest absolute Gasteiger partial charge is 0.335 e. The van der Waals surface area contributed by atoms with Crippen LogP contribution in [-0.4, -0.2) is 75.9 Å². The number of hydrogen-bond donors (Lipinski definition) is 4. The summed E-state index contributed by atoms with van der Waals surface area (Å²) >= 11 is 1.48. The number of aliphatic carboxylic acids is 1. The number of carboxylic acid groups (broad SMARTS) is 2. The molecule has 1 aliphatic rings. The quantitative estimate of drug-likeness (QED) is 0.0606. The van der Waals surface area contributed by atoms with Crippen molar-refractivity contribution in [2.75, 3.05) is 30.8 Å². The third-order valence-electron chi connectivity index (χ3n) is 11.0. The Kier molecular flexibility index (Phi) is 18.1. The number of fused-ring (bicyclic) bond motifs is 1. The molecule has 0 aliphatic heterocycles. The lowest BCUT2D eigenvalue weighted by molar-refractivity contribution is -0.137. The van der Waals surface area contributed by atoms with Crippen LogP contribution in [0.2, 0.25) is 0 Å². The first kappa shape index (κ1) is 46.6. The molecule has 0 fully saturated rings. The number of nitrogens with zero attached hydrogens (tertiary/aromatic N) is 2. The number of anilines is 2. The van der Waals surface area contributed by atoms with Crippen molar-refractivity contribution in [1.29, 1.82) is 0 Å². The number of rotatable bonds is 21. The summed E-state index contributed by atoms with van der Waals surface area (Å²) in [6.07, 6.45) is 8.50. The second kappa shape index (κ2) is 22.9. The minimum atomic E-state index is -0.944. The van der Waals surface area contributed by atoms with Gasteiger partial charge in [0.25, 0.3) is 11.8 Å². The van der Waals surface area contributed by atoms with Gasteiger partial charge in [0.15, 0.2) is 0 Å². The highest BCUT2D eigenvalue weighted by Crippen LogP contribution is 2.39. The third-order valence-corrected chi connectivity index (χ3v) is 12.2. The van der Waals surface area contributed by atoms with Gasteiger partial charge in [-0.1, -0.05) is 50.2 Å². The molecule has 3 amide bonds. The largest absolute Gasteiger partial charge is 0.481 e. The first-order chi connectivity index (χ1) is 27.9. The molecule has 316 valence electrons. The predicted molar refractivity (Wildman–Crippen MR) is 236 cm³/mol.